The number of rotatable bonds is 8. The summed E-state index contributed by atoms with van der Waals surface area (Å²) in [6.07, 6.45) is 0. The van der Waals surface area contributed by atoms with E-state index < -0.39 is 0 Å². The Morgan fingerprint density at radius 3 is 2.21 bits per heavy atom. The molecule has 7 nitrogen and oxygen atoms in total. The number of ether oxygens (including phenoxy) is 4. The summed E-state index contributed by atoms with van der Waals surface area (Å²) in [6.45, 7) is 1.58. The van der Waals surface area contributed by atoms with Gasteiger partial charge in [0.25, 0.3) is 0 Å². The third kappa shape index (κ3) is 4.45. The van der Waals surface area contributed by atoms with Crippen molar-refractivity contribution in [3.8, 4) is 34.1 Å². The van der Waals surface area contributed by atoms with E-state index in [0.717, 1.165) is 0 Å². The summed E-state index contributed by atoms with van der Waals surface area (Å²) < 4.78 is 27.4. The molecule has 7 heteroatoms. The zero-order chi connectivity index (χ0) is 24.2. The van der Waals surface area contributed by atoms with Crippen LogP contribution in [0.15, 0.2) is 69.9 Å². The number of hydrogen-bond acceptors (Lipinski definition) is 7. The summed E-state index contributed by atoms with van der Waals surface area (Å²) in [5.41, 5.74) is 1.82. The molecule has 0 aliphatic rings. The van der Waals surface area contributed by atoms with Gasteiger partial charge < -0.3 is 23.4 Å². The lowest BCUT2D eigenvalue weighted by Crippen LogP contribution is -2.12. The van der Waals surface area contributed by atoms with Crippen LogP contribution in [0, 0.1) is 6.92 Å². The van der Waals surface area contributed by atoms with E-state index in [-0.39, 0.29) is 17.8 Å². The second-order valence-corrected chi connectivity index (χ2v) is 7.53. The average Bonchev–Trinajstić information content (AvgIpc) is 2.87. The van der Waals surface area contributed by atoms with Crippen LogP contribution in [-0.4, -0.2) is 33.7 Å². The van der Waals surface area contributed by atoms with Crippen molar-refractivity contribution in [2.75, 3.05) is 27.9 Å². The van der Waals surface area contributed by atoms with Crippen LogP contribution < -0.4 is 24.4 Å². The first-order chi connectivity index (χ1) is 16.4. The van der Waals surface area contributed by atoms with Gasteiger partial charge in [-0.05, 0) is 61.0 Å². The summed E-state index contributed by atoms with van der Waals surface area (Å²) in [6, 6.07) is 17.0. The Kier molecular flexibility index (Phi) is 6.54. The summed E-state index contributed by atoms with van der Waals surface area (Å²) in [4.78, 5) is 25.7. The van der Waals surface area contributed by atoms with Crippen LogP contribution in [0.5, 0.6) is 23.0 Å². The van der Waals surface area contributed by atoms with E-state index in [2.05, 4.69) is 0 Å². The number of aryl methyl sites for hydroxylation is 1. The van der Waals surface area contributed by atoms with Gasteiger partial charge >= 0.3 is 0 Å². The Balaban J connectivity index is 1.60. The van der Waals surface area contributed by atoms with Gasteiger partial charge in [-0.1, -0.05) is 6.07 Å². The molecular weight excluding hydrogens is 436 g/mol. The zero-order valence-electron chi connectivity index (χ0n) is 19.3. The van der Waals surface area contributed by atoms with Crippen LogP contribution in [0.4, 0.5) is 0 Å². The number of ketones is 1. The van der Waals surface area contributed by atoms with E-state index in [9.17, 15) is 9.59 Å². The lowest BCUT2D eigenvalue weighted by Gasteiger charge is -2.12. The second kappa shape index (κ2) is 9.70. The molecule has 4 aromatic rings. The second-order valence-electron chi connectivity index (χ2n) is 7.53. The highest BCUT2D eigenvalue weighted by atomic mass is 16.5. The highest BCUT2D eigenvalue weighted by Gasteiger charge is 2.17. The number of benzene rings is 3. The van der Waals surface area contributed by atoms with Crippen molar-refractivity contribution < 1.29 is 28.2 Å². The highest BCUT2D eigenvalue weighted by molar-refractivity contribution is 5.97. The van der Waals surface area contributed by atoms with Crippen LogP contribution in [0.1, 0.15) is 16.1 Å². The van der Waals surface area contributed by atoms with Crippen molar-refractivity contribution in [3.63, 3.8) is 0 Å². The Labute approximate surface area is 196 Å². The molecule has 4 rings (SSSR count). The number of fused-ring (bicyclic) bond motifs is 1. The molecule has 3 aromatic carbocycles. The standard InChI is InChI=1S/C27H24O7/c1-16-26(18-7-12-23(31-3)25(13-18)32-4)27(29)21-11-10-20(14-24(21)34-16)33-15-22(28)17-5-8-19(30-2)9-6-17/h5-14H,15H2,1-4H3. The van der Waals surface area contributed by atoms with Crippen molar-refractivity contribution in [2.45, 2.75) is 6.92 Å². The average molecular weight is 460 g/mol. The molecule has 0 bridgehead atoms. The topological polar surface area (TPSA) is 84.2 Å². The normalized spacial score (nSPS) is 10.7. The minimum atomic E-state index is -0.177. The van der Waals surface area contributed by atoms with E-state index in [4.69, 9.17) is 23.4 Å². The van der Waals surface area contributed by atoms with E-state index in [1.54, 1.807) is 81.8 Å². The SMILES string of the molecule is COc1ccc(C(=O)COc2ccc3c(=O)c(-c4ccc(OC)c(OC)c4)c(C)oc3c2)cc1. The molecule has 0 atom stereocenters. The van der Waals surface area contributed by atoms with Crippen LogP contribution in [0.3, 0.4) is 0 Å². The maximum Gasteiger partial charge on any atom is 0.200 e. The molecule has 1 heterocycles. The molecule has 0 amide bonds. The Bertz CT molecular complexity index is 1400. The van der Waals surface area contributed by atoms with E-state index in [1.807, 2.05) is 0 Å². The predicted octanol–water partition coefficient (Wildman–Crippen LogP) is 5.06. The number of hydrogen-bond donors (Lipinski definition) is 0. The third-order valence-corrected chi connectivity index (χ3v) is 5.49. The first-order valence-electron chi connectivity index (χ1n) is 10.5. The molecule has 0 radical (unpaired) electrons. The third-order valence-electron chi connectivity index (χ3n) is 5.49. The number of Topliss-reactive ketones (excluding diaryl/α,β-unsaturated/α-hetero) is 1. The maximum atomic E-state index is 13.3. The summed E-state index contributed by atoms with van der Waals surface area (Å²) in [7, 11) is 4.66. The molecule has 1 aromatic heterocycles. The van der Waals surface area contributed by atoms with Crippen LogP contribution >= 0.6 is 0 Å². The van der Waals surface area contributed by atoms with E-state index >= 15 is 0 Å². The maximum absolute atomic E-state index is 13.3. The van der Waals surface area contributed by atoms with Crippen molar-refractivity contribution in [1.82, 2.24) is 0 Å². The molecule has 0 unspecified atom stereocenters. The molecule has 174 valence electrons. The Hall–Kier alpha value is -4.26. The van der Waals surface area contributed by atoms with Gasteiger partial charge in [0.2, 0.25) is 5.43 Å². The lowest BCUT2D eigenvalue weighted by molar-refractivity contribution is 0.0921. The largest absolute Gasteiger partial charge is 0.497 e. The molecule has 0 spiro atoms. The Morgan fingerprint density at radius 2 is 1.53 bits per heavy atom. The highest BCUT2D eigenvalue weighted by Crippen LogP contribution is 2.33. The number of carbonyl (C=O) groups is 1. The number of carbonyl (C=O) groups excluding carboxylic acids is 1. The summed E-state index contributed by atoms with van der Waals surface area (Å²) >= 11 is 0. The molecular formula is C27H24O7. The molecule has 0 saturated heterocycles. The summed E-state index contributed by atoms with van der Waals surface area (Å²) in [5, 5.41) is 0.407. The fourth-order valence-electron chi connectivity index (χ4n) is 3.71. The van der Waals surface area contributed by atoms with E-state index in [1.165, 1.54) is 7.11 Å². The van der Waals surface area contributed by atoms with Crippen molar-refractivity contribution in [2.24, 2.45) is 0 Å². The first kappa shape index (κ1) is 22.9. The van der Waals surface area contributed by atoms with Crippen LogP contribution in [0.2, 0.25) is 0 Å². The molecule has 0 fully saturated rings. The van der Waals surface area contributed by atoms with Gasteiger partial charge in [-0.2, -0.15) is 0 Å². The fourth-order valence-corrected chi connectivity index (χ4v) is 3.71. The van der Waals surface area contributed by atoms with Gasteiger partial charge in [-0.15, -0.1) is 0 Å². The lowest BCUT2D eigenvalue weighted by atomic mass is 10.0. The smallest absolute Gasteiger partial charge is 0.200 e. The summed E-state index contributed by atoms with van der Waals surface area (Å²) in [5.74, 6) is 2.46. The first-order valence-corrected chi connectivity index (χ1v) is 10.5. The quantitative estimate of drug-likeness (QED) is 0.340. The van der Waals surface area contributed by atoms with Gasteiger partial charge in [0.05, 0.1) is 32.3 Å². The van der Waals surface area contributed by atoms with Gasteiger partial charge in [0.1, 0.15) is 22.8 Å². The van der Waals surface area contributed by atoms with E-state index in [0.29, 0.717) is 56.4 Å². The molecule has 0 aliphatic carbocycles. The molecule has 0 N–H and O–H groups in total. The predicted molar refractivity (Wildman–Crippen MR) is 129 cm³/mol. The van der Waals surface area contributed by atoms with Gasteiger partial charge in [0, 0.05) is 11.6 Å². The Morgan fingerprint density at radius 1 is 0.824 bits per heavy atom. The number of methoxy groups -OCH3 is 3. The van der Waals surface area contributed by atoms with Crippen molar-refractivity contribution >= 4 is 16.8 Å². The molecule has 0 aliphatic heterocycles. The van der Waals surface area contributed by atoms with Crippen LogP contribution in [-0.2, 0) is 0 Å². The zero-order valence-corrected chi connectivity index (χ0v) is 19.3. The fraction of sp³-hybridized carbons (Fsp3) is 0.185. The minimum Gasteiger partial charge on any atom is -0.497 e. The van der Waals surface area contributed by atoms with Gasteiger partial charge in [0.15, 0.2) is 23.9 Å². The van der Waals surface area contributed by atoms with Crippen molar-refractivity contribution in [1.29, 1.82) is 0 Å². The molecule has 34 heavy (non-hydrogen) atoms. The van der Waals surface area contributed by atoms with Crippen LogP contribution in [0.25, 0.3) is 22.1 Å². The van der Waals surface area contributed by atoms with Gasteiger partial charge in [-0.25, -0.2) is 0 Å². The van der Waals surface area contributed by atoms with Gasteiger partial charge in [-0.3, -0.25) is 9.59 Å². The van der Waals surface area contributed by atoms with Crippen molar-refractivity contribution in [3.05, 3.63) is 82.2 Å². The monoisotopic (exact) mass is 460 g/mol. The molecule has 0 saturated carbocycles. The minimum absolute atomic E-state index is 0.148.